The summed E-state index contributed by atoms with van der Waals surface area (Å²) in [5, 5.41) is 4.38. The molecule has 0 aromatic carbocycles. The van der Waals surface area contributed by atoms with Crippen LogP contribution in [0.2, 0.25) is 0 Å². The van der Waals surface area contributed by atoms with Gasteiger partial charge in [0.25, 0.3) is 0 Å². The van der Waals surface area contributed by atoms with Gasteiger partial charge in [-0.1, -0.05) is 6.92 Å². The van der Waals surface area contributed by atoms with Crippen LogP contribution >= 0.6 is 11.8 Å². The molecular weight excluding hydrogens is 194 g/mol. The Kier molecular flexibility index (Phi) is 3.48. The lowest BCUT2D eigenvalue weighted by atomic mass is 10.2. The second-order valence-electron chi connectivity index (χ2n) is 3.73. The van der Waals surface area contributed by atoms with Crippen molar-refractivity contribution in [2.24, 2.45) is 0 Å². The van der Waals surface area contributed by atoms with Crippen molar-refractivity contribution >= 4 is 11.8 Å². The van der Waals surface area contributed by atoms with Crippen LogP contribution in [0.1, 0.15) is 13.3 Å². The molecule has 1 aliphatic rings. The van der Waals surface area contributed by atoms with Crippen molar-refractivity contribution < 1.29 is 0 Å². The van der Waals surface area contributed by atoms with Crippen LogP contribution in [0.4, 0.5) is 0 Å². The summed E-state index contributed by atoms with van der Waals surface area (Å²) in [4.78, 5) is 4.02. The van der Waals surface area contributed by atoms with Gasteiger partial charge in [0.15, 0.2) is 0 Å². The van der Waals surface area contributed by atoms with Crippen LogP contribution in [-0.4, -0.2) is 33.1 Å². The number of rotatable bonds is 4. The van der Waals surface area contributed by atoms with Crippen molar-refractivity contribution in [2.45, 2.75) is 31.2 Å². The average Bonchev–Trinajstić information content (AvgIpc) is 2.78. The van der Waals surface area contributed by atoms with Crippen LogP contribution in [-0.2, 0) is 6.54 Å². The summed E-state index contributed by atoms with van der Waals surface area (Å²) in [7, 11) is 0. The number of aromatic nitrogens is 2. The molecule has 0 radical (unpaired) electrons. The first-order valence-corrected chi connectivity index (χ1v) is 6.22. The maximum atomic E-state index is 4.02. The molecule has 78 valence electrons. The molecule has 0 spiro atoms. The van der Waals surface area contributed by atoms with Crippen molar-refractivity contribution in [3.8, 4) is 0 Å². The van der Waals surface area contributed by atoms with E-state index in [1.807, 2.05) is 18.7 Å². The maximum Gasteiger partial charge on any atom is 0.0946 e. The van der Waals surface area contributed by atoms with E-state index < -0.39 is 0 Å². The maximum absolute atomic E-state index is 4.02. The predicted octanol–water partition coefficient (Wildman–Crippen LogP) is 1.37. The first-order valence-electron chi connectivity index (χ1n) is 5.17. The molecule has 1 fully saturated rings. The van der Waals surface area contributed by atoms with E-state index in [1.54, 1.807) is 0 Å². The van der Waals surface area contributed by atoms with E-state index in [2.05, 4.69) is 33.6 Å². The zero-order valence-corrected chi connectivity index (χ0v) is 9.33. The van der Waals surface area contributed by atoms with E-state index in [-0.39, 0.29) is 0 Å². The highest BCUT2D eigenvalue weighted by atomic mass is 32.2. The van der Waals surface area contributed by atoms with Gasteiger partial charge in [0, 0.05) is 36.8 Å². The zero-order chi connectivity index (χ0) is 9.80. The fraction of sp³-hybridized carbons (Fsp3) is 0.700. The van der Waals surface area contributed by atoms with Gasteiger partial charge in [-0.05, 0) is 12.2 Å². The minimum absolute atomic E-state index is 0.712. The molecule has 1 N–H and O–H groups in total. The lowest BCUT2D eigenvalue weighted by molar-refractivity contribution is 0.488. The molecule has 0 aliphatic carbocycles. The highest BCUT2D eigenvalue weighted by Crippen LogP contribution is 2.25. The third-order valence-corrected chi connectivity index (χ3v) is 4.04. The minimum atomic E-state index is 0.712. The first-order chi connectivity index (χ1) is 6.86. The molecule has 0 bridgehead atoms. The van der Waals surface area contributed by atoms with E-state index in [1.165, 1.54) is 12.2 Å². The molecule has 1 aromatic rings. The highest BCUT2D eigenvalue weighted by Gasteiger charge is 2.22. The molecule has 2 rings (SSSR count). The summed E-state index contributed by atoms with van der Waals surface area (Å²) in [5.74, 6) is 1.31. The topological polar surface area (TPSA) is 29.9 Å². The molecular formula is C10H17N3S. The normalized spacial score (nSPS) is 26.9. The van der Waals surface area contributed by atoms with E-state index >= 15 is 0 Å². The van der Waals surface area contributed by atoms with Crippen LogP contribution in [0.25, 0.3) is 0 Å². The number of hydrogen-bond donors (Lipinski definition) is 1. The van der Waals surface area contributed by atoms with Gasteiger partial charge in [-0.25, -0.2) is 4.98 Å². The molecule has 0 amide bonds. The van der Waals surface area contributed by atoms with Crippen LogP contribution in [0.15, 0.2) is 18.7 Å². The standard InChI is InChI=1S/C10H17N3S/c1-9-10(2-7-14-9)12-4-6-13-5-3-11-8-13/h3,5,8-10,12H,2,4,6-7H2,1H3. The van der Waals surface area contributed by atoms with E-state index in [0.717, 1.165) is 18.3 Å². The summed E-state index contributed by atoms with van der Waals surface area (Å²) in [6, 6.07) is 0.712. The second-order valence-corrected chi connectivity index (χ2v) is 5.21. The van der Waals surface area contributed by atoms with Gasteiger partial charge in [0.2, 0.25) is 0 Å². The van der Waals surface area contributed by atoms with Gasteiger partial charge in [-0.3, -0.25) is 0 Å². The van der Waals surface area contributed by atoms with Gasteiger partial charge in [0.1, 0.15) is 0 Å². The Balaban J connectivity index is 1.68. The number of imidazole rings is 1. The Hall–Kier alpha value is -0.480. The molecule has 2 unspecified atom stereocenters. The minimum Gasteiger partial charge on any atom is -0.336 e. The molecule has 4 heteroatoms. The van der Waals surface area contributed by atoms with Crippen molar-refractivity contribution in [1.29, 1.82) is 0 Å². The Morgan fingerprint density at radius 2 is 2.57 bits per heavy atom. The van der Waals surface area contributed by atoms with Crippen LogP contribution in [0, 0.1) is 0 Å². The smallest absolute Gasteiger partial charge is 0.0946 e. The molecule has 1 aliphatic heterocycles. The summed E-state index contributed by atoms with van der Waals surface area (Å²) >= 11 is 2.07. The lowest BCUT2D eigenvalue weighted by Gasteiger charge is -2.16. The number of nitrogens with one attached hydrogen (secondary N) is 1. The quantitative estimate of drug-likeness (QED) is 0.815. The van der Waals surface area contributed by atoms with Gasteiger partial charge < -0.3 is 9.88 Å². The van der Waals surface area contributed by atoms with Crippen molar-refractivity contribution in [3.05, 3.63) is 18.7 Å². The molecule has 3 nitrogen and oxygen atoms in total. The predicted molar refractivity (Wildman–Crippen MR) is 60.6 cm³/mol. The van der Waals surface area contributed by atoms with Crippen LogP contribution < -0.4 is 5.32 Å². The van der Waals surface area contributed by atoms with E-state index in [4.69, 9.17) is 0 Å². The lowest BCUT2D eigenvalue weighted by Crippen LogP contribution is -2.35. The summed E-state index contributed by atoms with van der Waals surface area (Å²) in [6.45, 7) is 4.38. The first kappa shape index (κ1) is 10.1. The zero-order valence-electron chi connectivity index (χ0n) is 8.52. The van der Waals surface area contributed by atoms with Crippen molar-refractivity contribution in [2.75, 3.05) is 12.3 Å². The molecule has 0 saturated carbocycles. The SMILES string of the molecule is CC1SCCC1NCCn1ccnc1. The fourth-order valence-corrected chi connectivity index (χ4v) is 3.02. The molecule has 1 aromatic heterocycles. The van der Waals surface area contributed by atoms with Crippen molar-refractivity contribution in [3.63, 3.8) is 0 Å². The average molecular weight is 211 g/mol. The molecule has 2 atom stereocenters. The summed E-state index contributed by atoms with van der Waals surface area (Å²) in [5.41, 5.74) is 0. The van der Waals surface area contributed by atoms with E-state index in [0.29, 0.717) is 6.04 Å². The Labute approximate surface area is 89.3 Å². The Morgan fingerprint density at radius 3 is 3.21 bits per heavy atom. The Bertz CT molecular complexity index is 260. The highest BCUT2D eigenvalue weighted by molar-refractivity contribution is 8.00. The third-order valence-electron chi connectivity index (χ3n) is 2.71. The van der Waals surface area contributed by atoms with Crippen LogP contribution in [0.5, 0.6) is 0 Å². The van der Waals surface area contributed by atoms with Gasteiger partial charge in [-0.2, -0.15) is 11.8 Å². The Morgan fingerprint density at radius 1 is 1.64 bits per heavy atom. The number of nitrogens with zero attached hydrogens (tertiary/aromatic N) is 2. The number of hydrogen-bond acceptors (Lipinski definition) is 3. The second kappa shape index (κ2) is 4.84. The van der Waals surface area contributed by atoms with Crippen molar-refractivity contribution in [1.82, 2.24) is 14.9 Å². The molecule has 2 heterocycles. The fourth-order valence-electron chi connectivity index (χ4n) is 1.80. The van der Waals surface area contributed by atoms with E-state index in [9.17, 15) is 0 Å². The molecule has 14 heavy (non-hydrogen) atoms. The van der Waals surface area contributed by atoms with Gasteiger partial charge in [0.05, 0.1) is 6.33 Å². The number of thioether (sulfide) groups is 1. The monoisotopic (exact) mass is 211 g/mol. The van der Waals surface area contributed by atoms with Crippen LogP contribution in [0.3, 0.4) is 0 Å². The van der Waals surface area contributed by atoms with Gasteiger partial charge in [-0.15, -0.1) is 0 Å². The largest absolute Gasteiger partial charge is 0.336 e. The third kappa shape index (κ3) is 2.51. The van der Waals surface area contributed by atoms with Gasteiger partial charge >= 0.3 is 0 Å². The summed E-state index contributed by atoms with van der Waals surface area (Å²) in [6.07, 6.45) is 7.02. The molecule has 1 saturated heterocycles. The summed E-state index contributed by atoms with van der Waals surface area (Å²) < 4.78 is 2.11.